The Hall–Kier alpha value is -2.09. The van der Waals surface area contributed by atoms with Crippen molar-refractivity contribution in [1.29, 1.82) is 0 Å². The van der Waals surface area contributed by atoms with Gasteiger partial charge in [-0.2, -0.15) is 0 Å². The van der Waals surface area contributed by atoms with Gasteiger partial charge < -0.3 is 4.74 Å². The maximum absolute atomic E-state index is 11.7. The fourth-order valence-corrected chi connectivity index (χ4v) is 7.43. The molecule has 0 amide bonds. The van der Waals surface area contributed by atoms with Gasteiger partial charge in [-0.25, -0.2) is 0 Å². The quantitative estimate of drug-likeness (QED) is 0.492. The molecule has 2 aromatic carbocycles. The van der Waals surface area contributed by atoms with Crippen LogP contribution in [0.5, 0.6) is 0 Å². The maximum Gasteiger partial charge on any atom is 0.306 e. The number of aryl methyl sites for hydroxylation is 1. The third kappa shape index (κ3) is 3.82. The predicted molar refractivity (Wildman–Crippen MR) is 120 cm³/mol. The van der Waals surface area contributed by atoms with Crippen LogP contribution in [-0.2, 0) is 16.0 Å². The van der Waals surface area contributed by atoms with Crippen LogP contribution in [0.2, 0.25) is 0 Å². The van der Waals surface area contributed by atoms with Crippen molar-refractivity contribution in [3.63, 3.8) is 0 Å². The molecule has 4 aliphatic rings. The van der Waals surface area contributed by atoms with Gasteiger partial charge in [0.1, 0.15) is 0 Å². The van der Waals surface area contributed by atoms with Gasteiger partial charge in [0.2, 0.25) is 0 Å². The van der Waals surface area contributed by atoms with Crippen LogP contribution in [0.4, 0.5) is 0 Å². The molecule has 2 aromatic rings. The molecule has 4 fully saturated rings. The molecular weight excluding hydrogens is 368 g/mol. The minimum absolute atomic E-state index is 0.0997. The first kappa shape index (κ1) is 19.8. The number of carbonyl (C=O) groups excluding carboxylic acids is 1. The van der Waals surface area contributed by atoms with Gasteiger partial charge in [0, 0.05) is 12.3 Å². The van der Waals surface area contributed by atoms with Crippen LogP contribution in [0.15, 0.2) is 54.6 Å². The van der Waals surface area contributed by atoms with Crippen molar-refractivity contribution in [2.45, 2.75) is 64.2 Å². The number of hydrogen-bond acceptors (Lipinski definition) is 2. The Morgan fingerprint density at radius 2 is 1.47 bits per heavy atom. The summed E-state index contributed by atoms with van der Waals surface area (Å²) in [5, 5.41) is 0. The van der Waals surface area contributed by atoms with E-state index in [1.54, 1.807) is 0 Å². The number of benzene rings is 2. The van der Waals surface area contributed by atoms with Crippen LogP contribution in [0.1, 0.15) is 74.5 Å². The van der Waals surface area contributed by atoms with E-state index in [0.29, 0.717) is 24.4 Å². The van der Waals surface area contributed by atoms with E-state index < -0.39 is 0 Å². The van der Waals surface area contributed by atoms with Crippen molar-refractivity contribution in [2.24, 2.45) is 23.2 Å². The molecule has 2 heteroatoms. The van der Waals surface area contributed by atoms with Gasteiger partial charge in [-0.05, 0) is 91.7 Å². The summed E-state index contributed by atoms with van der Waals surface area (Å²) < 4.78 is 5.08. The second-order valence-corrected chi connectivity index (χ2v) is 10.2. The lowest BCUT2D eigenvalue weighted by Crippen LogP contribution is -2.49. The van der Waals surface area contributed by atoms with E-state index in [-0.39, 0.29) is 5.97 Å². The van der Waals surface area contributed by atoms with Crippen molar-refractivity contribution in [3.8, 4) is 0 Å². The Bertz CT molecular complexity index is 832. The summed E-state index contributed by atoms with van der Waals surface area (Å²) in [5.74, 6) is 3.24. The van der Waals surface area contributed by atoms with Crippen LogP contribution in [0.25, 0.3) is 0 Å². The van der Waals surface area contributed by atoms with Crippen molar-refractivity contribution >= 4 is 5.97 Å². The molecule has 0 spiro atoms. The van der Waals surface area contributed by atoms with E-state index in [2.05, 4.69) is 54.6 Å². The molecule has 1 unspecified atom stereocenters. The summed E-state index contributed by atoms with van der Waals surface area (Å²) in [6.07, 6.45) is 9.88. The van der Waals surface area contributed by atoms with Crippen molar-refractivity contribution in [1.82, 2.24) is 0 Å². The van der Waals surface area contributed by atoms with Crippen LogP contribution < -0.4 is 0 Å². The Morgan fingerprint density at radius 3 is 2.03 bits per heavy atom. The molecule has 0 saturated heterocycles. The number of esters is 1. The molecular formula is C28H34O2. The number of carbonyl (C=O) groups is 1. The molecule has 0 radical (unpaired) electrons. The molecule has 158 valence electrons. The first-order valence-electron chi connectivity index (χ1n) is 11.9. The van der Waals surface area contributed by atoms with E-state index >= 15 is 0 Å². The van der Waals surface area contributed by atoms with Gasteiger partial charge in [0.25, 0.3) is 0 Å². The Balaban J connectivity index is 1.43. The van der Waals surface area contributed by atoms with Crippen molar-refractivity contribution < 1.29 is 9.53 Å². The summed E-state index contributed by atoms with van der Waals surface area (Å²) in [4.78, 5) is 11.7. The average molecular weight is 403 g/mol. The fraction of sp³-hybridized carbons (Fsp3) is 0.536. The van der Waals surface area contributed by atoms with E-state index in [9.17, 15) is 4.79 Å². The minimum Gasteiger partial charge on any atom is -0.466 e. The number of hydrogen-bond donors (Lipinski definition) is 0. The van der Waals surface area contributed by atoms with Gasteiger partial charge in [0.15, 0.2) is 0 Å². The summed E-state index contributed by atoms with van der Waals surface area (Å²) in [6, 6.07) is 20.4. The van der Waals surface area contributed by atoms with Gasteiger partial charge in [-0.15, -0.1) is 0 Å². The lowest BCUT2D eigenvalue weighted by atomic mass is 9.45. The molecule has 0 aliphatic heterocycles. The topological polar surface area (TPSA) is 26.3 Å². The molecule has 4 bridgehead atoms. The SMILES string of the molecule is CCOC(=O)CCc1ccc(C(c2ccccc2)C23CC4CC(CC(C4)C2)C3)cc1. The van der Waals surface area contributed by atoms with E-state index in [1.807, 2.05) is 6.92 Å². The van der Waals surface area contributed by atoms with Crippen LogP contribution >= 0.6 is 0 Å². The largest absolute Gasteiger partial charge is 0.466 e. The van der Waals surface area contributed by atoms with E-state index in [1.165, 1.54) is 55.2 Å². The van der Waals surface area contributed by atoms with Crippen molar-refractivity contribution in [3.05, 3.63) is 71.3 Å². The van der Waals surface area contributed by atoms with Crippen LogP contribution in [0.3, 0.4) is 0 Å². The lowest BCUT2D eigenvalue weighted by molar-refractivity contribution is -0.143. The Labute approximate surface area is 181 Å². The second-order valence-electron chi connectivity index (χ2n) is 10.2. The normalized spacial score (nSPS) is 30.2. The summed E-state index contributed by atoms with van der Waals surface area (Å²) in [6.45, 7) is 2.32. The monoisotopic (exact) mass is 402 g/mol. The van der Waals surface area contributed by atoms with Crippen LogP contribution in [0, 0.1) is 23.2 Å². The van der Waals surface area contributed by atoms with Crippen molar-refractivity contribution in [2.75, 3.05) is 6.61 Å². The Morgan fingerprint density at radius 1 is 0.900 bits per heavy atom. The lowest BCUT2D eigenvalue weighted by Gasteiger charge is -2.60. The maximum atomic E-state index is 11.7. The van der Waals surface area contributed by atoms with Crippen LogP contribution in [-0.4, -0.2) is 12.6 Å². The fourth-order valence-electron chi connectivity index (χ4n) is 7.43. The number of rotatable bonds is 7. The zero-order valence-corrected chi connectivity index (χ0v) is 18.2. The predicted octanol–water partition coefficient (Wildman–Crippen LogP) is 6.53. The van der Waals surface area contributed by atoms with Gasteiger partial charge >= 0.3 is 5.97 Å². The molecule has 2 nitrogen and oxygen atoms in total. The highest BCUT2D eigenvalue weighted by Gasteiger charge is 2.54. The Kier molecular flexibility index (Phi) is 5.43. The van der Waals surface area contributed by atoms with Gasteiger partial charge in [-0.3, -0.25) is 4.79 Å². The summed E-state index contributed by atoms with van der Waals surface area (Å²) in [7, 11) is 0. The summed E-state index contributed by atoms with van der Waals surface area (Å²) >= 11 is 0. The highest BCUT2D eigenvalue weighted by atomic mass is 16.5. The highest BCUT2D eigenvalue weighted by molar-refractivity contribution is 5.69. The smallest absolute Gasteiger partial charge is 0.306 e. The molecule has 30 heavy (non-hydrogen) atoms. The molecule has 6 rings (SSSR count). The molecule has 0 N–H and O–H groups in total. The van der Waals surface area contributed by atoms with E-state index in [0.717, 1.165) is 24.2 Å². The first-order valence-corrected chi connectivity index (χ1v) is 11.9. The zero-order chi connectivity index (χ0) is 20.6. The van der Waals surface area contributed by atoms with E-state index in [4.69, 9.17) is 4.74 Å². The first-order chi connectivity index (χ1) is 14.6. The molecule has 1 atom stereocenters. The third-order valence-electron chi connectivity index (χ3n) is 8.07. The standard InChI is InChI=1S/C28H34O2/c1-2-30-26(29)13-10-20-8-11-25(12-9-20)27(24-6-4-3-5-7-24)28-17-21-14-22(18-28)16-23(15-21)19-28/h3-9,11-12,21-23,27H,2,10,13-19H2,1H3. The molecule has 0 heterocycles. The highest BCUT2D eigenvalue weighted by Crippen LogP contribution is 2.65. The molecule has 4 aliphatic carbocycles. The molecule has 0 aromatic heterocycles. The summed E-state index contributed by atoms with van der Waals surface area (Å²) in [5.41, 5.74) is 4.61. The minimum atomic E-state index is -0.0997. The zero-order valence-electron chi connectivity index (χ0n) is 18.2. The molecule has 4 saturated carbocycles. The average Bonchev–Trinajstić information content (AvgIpc) is 2.73. The third-order valence-corrected chi connectivity index (χ3v) is 8.07. The second kappa shape index (κ2) is 8.21. The van der Waals surface area contributed by atoms with Gasteiger partial charge in [0.05, 0.1) is 6.61 Å². The number of ether oxygens (including phenoxy) is 1. The van der Waals surface area contributed by atoms with Gasteiger partial charge in [-0.1, -0.05) is 54.6 Å².